The maximum absolute atomic E-state index is 12.4. The molecule has 0 radical (unpaired) electrons. The minimum Gasteiger partial charge on any atom is -0.375 e. The molecular formula is C17H23NO3. The lowest BCUT2D eigenvalue weighted by Gasteiger charge is -2.24. The summed E-state index contributed by atoms with van der Waals surface area (Å²) < 4.78 is 11.4. The molecule has 0 N–H and O–H groups in total. The van der Waals surface area contributed by atoms with E-state index < -0.39 is 0 Å². The summed E-state index contributed by atoms with van der Waals surface area (Å²) in [6.07, 6.45) is 3.55. The third-order valence-electron chi connectivity index (χ3n) is 4.48. The van der Waals surface area contributed by atoms with Crippen LogP contribution < -0.4 is 0 Å². The molecule has 2 aliphatic rings. The fourth-order valence-corrected chi connectivity index (χ4v) is 3.26. The van der Waals surface area contributed by atoms with Gasteiger partial charge >= 0.3 is 0 Å². The van der Waals surface area contributed by atoms with Crippen LogP contribution >= 0.6 is 0 Å². The summed E-state index contributed by atoms with van der Waals surface area (Å²) in [6.45, 7) is 1.80. The predicted octanol–water partition coefficient (Wildman–Crippen LogP) is 2.23. The van der Waals surface area contributed by atoms with Crippen molar-refractivity contribution in [3.63, 3.8) is 0 Å². The minimum atomic E-state index is 0.0721. The molecule has 2 saturated heterocycles. The van der Waals surface area contributed by atoms with Gasteiger partial charge in [-0.25, -0.2) is 0 Å². The summed E-state index contributed by atoms with van der Waals surface area (Å²) >= 11 is 0. The lowest BCUT2D eigenvalue weighted by Crippen LogP contribution is -2.39. The number of amides is 1. The van der Waals surface area contributed by atoms with Crippen molar-refractivity contribution in [2.75, 3.05) is 20.2 Å². The van der Waals surface area contributed by atoms with E-state index in [1.165, 1.54) is 0 Å². The van der Waals surface area contributed by atoms with Crippen LogP contribution in [0.1, 0.15) is 24.8 Å². The van der Waals surface area contributed by atoms with Crippen molar-refractivity contribution in [3.8, 4) is 0 Å². The zero-order valence-electron chi connectivity index (χ0n) is 12.5. The second kappa shape index (κ2) is 6.58. The Hall–Kier alpha value is -1.39. The highest BCUT2D eigenvalue weighted by Gasteiger charge is 2.45. The van der Waals surface area contributed by atoms with Gasteiger partial charge in [0.1, 0.15) is 0 Å². The average Bonchev–Trinajstić information content (AvgIpc) is 3.14. The number of nitrogens with zero attached hydrogens (tertiary/aromatic N) is 1. The summed E-state index contributed by atoms with van der Waals surface area (Å²) in [5.41, 5.74) is 1.16. The van der Waals surface area contributed by atoms with Crippen molar-refractivity contribution in [1.82, 2.24) is 4.90 Å². The highest BCUT2D eigenvalue weighted by Crippen LogP contribution is 2.39. The number of rotatable bonds is 6. The average molecular weight is 289 g/mol. The van der Waals surface area contributed by atoms with Crippen LogP contribution in [0.2, 0.25) is 0 Å². The lowest BCUT2D eigenvalue weighted by atomic mass is 9.88. The Morgan fingerprint density at radius 2 is 2.14 bits per heavy atom. The largest absolute Gasteiger partial charge is 0.375 e. The van der Waals surface area contributed by atoms with E-state index in [4.69, 9.17) is 9.47 Å². The number of hydrogen-bond donors (Lipinski definition) is 0. The summed E-state index contributed by atoms with van der Waals surface area (Å²) in [5, 5.41) is 0. The van der Waals surface area contributed by atoms with Crippen molar-refractivity contribution < 1.29 is 14.3 Å². The number of hydrogen-bond acceptors (Lipinski definition) is 3. The summed E-state index contributed by atoms with van der Waals surface area (Å²) in [5.74, 6) is 0.286. The lowest BCUT2D eigenvalue weighted by molar-refractivity contribution is -0.136. The van der Waals surface area contributed by atoms with E-state index in [0.29, 0.717) is 25.9 Å². The van der Waals surface area contributed by atoms with Gasteiger partial charge in [0.15, 0.2) is 0 Å². The first-order valence-electron chi connectivity index (χ1n) is 7.76. The molecule has 4 heteroatoms. The van der Waals surface area contributed by atoms with Gasteiger partial charge < -0.3 is 14.4 Å². The standard InChI is InChI=1S/C17H23NO3/c1-18(9-10-20-12-13-5-3-2-4-6-13)17(19)15-11-14-7-8-16(15)21-14/h2-6,14-16H,7-12H2,1H3/t14-,15+,16-/m1/s1. The molecule has 114 valence electrons. The van der Waals surface area contributed by atoms with Crippen molar-refractivity contribution in [1.29, 1.82) is 0 Å². The molecule has 0 aromatic heterocycles. The topological polar surface area (TPSA) is 38.8 Å². The van der Waals surface area contributed by atoms with Crippen LogP contribution in [0.15, 0.2) is 30.3 Å². The van der Waals surface area contributed by atoms with Crippen molar-refractivity contribution in [2.45, 2.75) is 38.1 Å². The second-order valence-corrected chi connectivity index (χ2v) is 6.01. The SMILES string of the molecule is CN(CCOCc1ccccc1)C(=O)[C@H]1C[C@H]2CC[C@H]1O2. The van der Waals surface area contributed by atoms with Gasteiger partial charge in [0.05, 0.1) is 31.3 Å². The quantitative estimate of drug-likeness (QED) is 0.754. The van der Waals surface area contributed by atoms with Crippen LogP contribution in [0.5, 0.6) is 0 Å². The molecule has 2 fully saturated rings. The van der Waals surface area contributed by atoms with Gasteiger partial charge in [-0.1, -0.05) is 30.3 Å². The van der Waals surface area contributed by atoms with Crippen LogP contribution in [0.4, 0.5) is 0 Å². The second-order valence-electron chi connectivity index (χ2n) is 6.01. The smallest absolute Gasteiger partial charge is 0.228 e. The highest BCUT2D eigenvalue weighted by atomic mass is 16.5. The van der Waals surface area contributed by atoms with E-state index in [9.17, 15) is 4.79 Å². The van der Waals surface area contributed by atoms with Gasteiger partial charge in [-0.2, -0.15) is 0 Å². The van der Waals surface area contributed by atoms with E-state index in [0.717, 1.165) is 24.8 Å². The number of fused-ring (bicyclic) bond motifs is 2. The zero-order chi connectivity index (χ0) is 14.7. The Balaban J connectivity index is 1.38. The zero-order valence-corrected chi connectivity index (χ0v) is 12.5. The molecule has 2 bridgehead atoms. The molecule has 2 aliphatic heterocycles. The number of carbonyl (C=O) groups is 1. The molecule has 0 spiro atoms. The van der Waals surface area contributed by atoms with Gasteiger partial charge in [-0.15, -0.1) is 0 Å². The maximum Gasteiger partial charge on any atom is 0.228 e. The fraction of sp³-hybridized carbons (Fsp3) is 0.588. The van der Waals surface area contributed by atoms with Crippen LogP contribution in [0.25, 0.3) is 0 Å². The molecule has 3 atom stereocenters. The Bertz CT molecular complexity index is 476. The number of likely N-dealkylation sites (N-methyl/N-ethyl adjacent to an activating group) is 1. The molecule has 1 amide bonds. The molecule has 3 rings (SSSR count). The first kappa shape index (κ1) is 14.5. The summed E-state index contributed by atoms with van der Waals surface area (Å²) in [7, 11) is 1.86. The van der Waals surface area contributed by atoms with Crippen LogP contribution in [-0.2, 0) is 20.9 Å². The predicted molar refractivity (Wildman–Crippen MR) is 79.7 cm³/mol. The first-order valence-corrected chi connectivity index (χ1v) is 7.76. The first-order chi connectivity index (χ1) is 10.2. The van der Waals surface area contributed by atoms with E-state index >= 15 is 0 Å². The van der Waals surface area contributed by atoms with Crippen molar-refractivity contribution >= 4 is 5.91 Å². The summed E-state index contributed by atoms with van der Waals surface area (Å²) in [4.78, 5) is 14.2. The Labute approximate surface area is 126 Å². The number of carbonyl (C=O) groups excluding carboxylic acids is 1. The molecule has 21 heavy (non-hydrogen) atoms. The maximum atomic E-state index is 12.4. The third-order valence-corrected chi connectivity index (χ3v) is 4.48. The van der Waals surface area contributed by atoms with Gasteiger partial charge in [-0.3, -0.25) is 4.79 Å². The Kier molecular flexibility index (Phi) is 4.56. The van der Waals surface area contributed by atoms with Crippen LogP contribution in [0.3, 0.4) is 0 Å². The van der Waals surface area contributed by atoms with Crippen LogP contribution in [-0.4, -0.2) is 43.2 Å². The molecule has 1 aromatic carbocycles. The summed E-state index contributed by atoms with van der Waals surface area (Å²) in [6, 6.07) is 10.1. The number of benzene rings is 1. The molecule has 4 nitrogen and oxygen atoms in total. The minimum absolute atomic E-state index is 0.0721. The normalized spacial score (nSPS) is 27.0. The molecule has 2 heterocycles. The van der Waals surface area contributed by atoms with E-state index in [2.05, 4.69) is 0 Å². The third kappa shape index (κ3) is 3.44. The van der Waals surface area contributed by atoms with E-state index in [-0.39, 0.29) is 17.9 Å². The van der Waals surface area contributed by atoms with Crippen LogP contribution in [0, 0.1) is 5.92 Å². The van der Waals surface area contributed by atoms with Crippen molar-refractivity contribution in [3.05, 3.63) is 35.9 Å². The molecule has 1 aromatic rings. The van der Waals surface area contributed by atoms with Gasteiger partial charge in [0, 0.05) is 13.6 Å². The van der Waals surface area contributed by atoms with E-state index in [1.807, 2.05) is 37.4 Å². The molecule has 0 saturated carbocycles. The van der Waals surface area contributed by atoms with Gasteiger partial charge in [0.2, 0.25) is 5.91 Å². The van der Waals surface area contributed by atoms with E-state index in [1.54, 1.807) is 4.90 Å². The Morgan fingerprint density at radius 1 is 1.33 bits per heavy atom. The van der Waals surface area contributed by atoms with Crippen molar-refractivity contribution in [2.24, 2.45) is 5.92 Å². The molecule has 0 aliphatic carbocycles. The van der Waals surface area contributed by atoms with Gasteiger partial charge in [0.25, 0.3) is 0 Å². The van der Waals surface area contributed by atoms with Gasteiger partial charge in [-0.05, 0) is 24.8 Å². The molecule has 0 unspecified atom stereocenters. The number of ether oxygens (including phenoxy) is 2. The Morgan fingerprint density at radius 3 is 2.81 bits per heavy atom. The fourth-order valence-electron chi connectivity index (χ4n) is 3.26. The molecular weight excluding hydrogens is 266 g/mol. The monoisotopic (exact) mass is 289 g/mol. The highest BCUT2D eigenvalue weighted by molar-refractivity contribution is 5.79.